The van der Waals surface area contributed by atoms with E-state index >= 15 is 0 Å². The second-order valence-electron chi connectivity index (χ2n) is 4.23. The Morgan fingerprint density at radius 3 is 2.61 bits per heavy atom. The molecule has 0 spiro atoms. The fraction of sp³-hybridized carbons (Fsp3) is 0.455. The van der Waals surface area contributed by atoms with Crippen LogP contribution < -0.4 is 5.32 Å². The highest BCUT2D eigenvalue weighted by Gasteiger charge is 2.61. The molecule has 3 nitrogen and oxygen atoms in total. The number of hydrogen-bond acceptors (Lipinski definition) is 3. The van der Waals surface area contributed by atoms with Crippen molar-refractivity contribution in [2.75, 3.05) is 13.1 Å². The highest BCUT2D eigenvalue weighted by atomic mass is 19.4. The normalized spacial score (nSPS) is 24.2. The van der Waals surface area contributed by atoms with Crippen molar-refractivity contribution < 1.29 is 22.4 Å². The van der Waals surface area contributed by atoms with Gasteiger partial charge in [-0.1, -0.05) is 0 Å². The Morgan fingerprint density at radius 2 is 2.11 bits per heavy atom. The van der Waals surface area contributed by atoms with Crippen LogP contribution in [-0.4, -0.2) is 30.0 Å². The summed E-state index contributed by atoms with van der Waals surface area (Å²) in [5.41, 5.74) is -2.82. The van der Waals surface area contributed by atoms with Crippen LogP contribution in [0.2, 0.25) is 0 Å². The van der Waals surface area contributed by atoms with Crippen molar-refractivity contribution in [2.45, 2.75) is 12.6 Å². The van der Waals surface area contributed by atoms with E-state index in [4.69, 9.17) is 0 Å². The summed E-state index contributed by atoms with van der Waals surface area (Å²) in [6, 6.07) is 0.779. The summed E-state index contributed by atoms with van der Waals surface area (Å²) in [4.78, 5) is 15.4. The number of carbonyl (C=O) groups excluding carboxylic acids is 1. The Kier molecular flexibility index (Phi) is 3.10. The van der Waals surface area contributed by atoms with E-state index in [0.717, 1.165) is 18.5 Å². The molecule has 18 heavy (non-hydrogen) atoms. The second kappa shape index (κ2) is 4.31. The third kappa shape index (κ3) is 1.98. The molecule has 0 radical (unpaired) electrons. The van der Waals surface area contributed by atoms with Gasteiger partial charge in [-0.15, -0.1) is 0 Å². The zero-order chi connectivity index (χ0) is 13.4. The van der Waals surface area contributed by atoms with Crippen LogP contribution in [0, 0.1) is 11.2 Å². The summed E-state index contributed by atoms with van der Waals surface area (Å²) in [5, 5.41) is 2.53. The van der Waals surface area contributed by atoms with E-state index in [0.29, 0.717) is 0 Å². The Balaban J connectivity index is 2.42. The van der Waals surface area contributed by atoms with Crippen molar-refractivity contribution in [2.24, 2.45) is 5.41 Å². The number of ketones is 1. The van der Waals surface area contributed by atoms with Gasteiger partial charge in [0.2, 0.25) is 0 Å². The largest absolute Gasteiger partial charge is 0.402 e. The first-order valence-corrected chi connectivity index (χ1v) is 5.30. The molecule has 1 aliphatic heterocycles. The Labute approximate surface area is 100 Å². The minimum absolute atomic E-state index is 0.105. The molecule has 1 aliphatic rings. The predicted octanol–water partition coefficient (Wildman–Crippen LogP) is 1.95. The van der Waals surface area contributed by atoms with Gasteiger partial charge in [0, 0.05) is 18.3 Å². The monoisotopic (exact) mass is 262 g/mol. The quantitative estimate of drug-likeness (QED) is 0.654. The first-order valence-electron chi connectivity index (χ1n) is 5.30. The minimum atomic E-state index is -4.67. The van der Waals surface area contributed by atoms with Gasteiger partial charge in [-0.05, 0) is 19.0 Å². The zero-order valence-electron chi connectivity index (χ0n) is 9.22. The summed E-state index contributed by atoms with van der Waals surface area (Å²) in [6.07, 6.45) is -3.22. The van der Waals surface area contributed by atoms with Gasteiger partial charge in [-0.25, -0.2) is 4.39 Å². The number of carbonyl (C=O) groups is 1. The maximum atomic E-state index is 13.1. The number of rotatable bonds is 2. The van der Waals surface area contributed by atoms with Crippen molar-refractivity contribution in [3.63, 3.8) is 0 Å². The number of alkyl halides is 3. The molecule has 0 aliphatic carbocycles. The van der Waals surface area contributed by atoms with Gasteiger partial charge < -0.3 is 5.32 Å². The van der Waals surface area contributed by atoms with Crippen molar-refractivity contribution in [1.29, 1.82) is 0 Å². The van der Waals surface area contributed by atoms with Crippen LogP contribution >= 0.6 is 0 Å². The van der Waals surface area contributed by atoms with Crippen molar-refractivity contribution >= 4 is 5.78 Å². The van der Waals surface area contributed by atoms with E-state index in [1.54, 1.807) is 0 Å². The minimum Gasteiger partial charge on any atom is -0.315 e. The molecule has 1 aromatic rings. The fourth-order valence-corrected chi connectivity index (χ4v) is 2.07. The number of nitrogens with one attached hydrogen (secondary N) is 1. The van der Waals surface area contributed by atoms with Crippen molar-refractivity contribution in [3.8, 4) is 0 Å². The summed E-state index contributed by atoms with van der Waals surface area (Å²) in [5.74, 6) is -1.96. The Morgan fingerprint density at radius 1 is 1.39 bits per heavy atom. The summed E-state index contributed by atoms with van der Waals surface area (Å²) in [6.45, 7) is -0.375. The van der Waals surface area contributed by atoms with Gasteiger partial charge in [-0.2, -0.15) is 13.2 Å². The predicted molar refractivity (Wildman–Crippen MR) is 54.5 cm³/mol. The lowest BCUT2D eigenvalue weighted by Gasteiger charge is -2.29. The average Bonchev–Trinajstić information content (AvgIpc) is 2.77. The van der Waals surface area contributed by atoms with Gasteiger partial charge in [0.15, 0.2) is 5.78 Å². The van der Waals surface area contributed by atoms with E-state index in [2.05, 4.69) is 10.3 Å². The molecule has 2 heterocycles. The van der Waals surface area contributed by atoms with E-state index in [1.807, 2.05) is 0 Å². The molecule has 1 N–H and O–H groups in total. The van der Waals surface area contributed by atoms with Gasteiger partial charge in [0.25, 0.3) is 0 Å². The summed E-state index contributed by atoms with van der Waals surface area (Å²) < 4.78 is 52.2. The molecule has 2 rings (SSSR count). The highest BCUT2D eigenvalue weighted by Crippen LogP contribution is 2.45. The van der Waals surface area contributed by atoms with E-state index in [1.165, 1.54) is 0 Å². The Bertz CT molecular complexity index is 466. The van der Waals surface area contributed by atoms with Gasteiger partial charge in [0.05, 0.1) is 6.20 Å². The van der Waals surface area contributed by atoms with Gasteiger partial charge in [-0.3, -0.25) is 9.78 Å². The van der Waals surface area contributed by atoms with Crippen molar-refractivity contribution in [3.05, 3.63) is 29.8 Å². The average molecular weight is 262 g/mol. The number of pyridine rings is 1. The molecule has 0 aromatic carbocycles. The molecule has 0 saturated carbocycles. The summed E-state index contributed by atoms with van der Waals surface area (Å²) in [7, 11) is 0. The molecule has 0 bridgehead atoms. The van der Waals surface area contributed by atoms with Crippen molar-refractivity contribution in [1.82, 2.24) is 10.3 Å². The number of Topliss-reactive ketones (excluding diaryl/α,β-unsaturated/α-hetero) is 1. The van der Waals surface area contributed by atoms with Crippen LogP contribution in [0.4, 0.5) is 17.6 Å². The molecule has 1 saturated heterocycles. The molecule has 1 fully saturated rings. The number of aromatic nitrogens is 1. The topological polar surface area (TPSA) is 42.0 Å². The smallest absolute Gasteiger partial charge is 0.315 e. The molecule has 7 heteroatoms. The first kappa shape index (κ1) is 12.9. The molecule has 0 amide bonds. The zero-order valence-corrected chi connectivity index (χ0v) is 9.22. The van der Waals surface area contributed by atoms with Crippen LogP contribution in [-0.2, 0) is 0 Å². The number of hydrogen-bond donors (Lipinski definition) is 1. The highest BCUT2D eigenvalue weighted by molar-refractivity contribution is 6.01. The molecule has 1 atom stereocenters. The third-order valence-corrected chi connectivity index (χ3v) is 3.10. The molecule has 1 aromatic heterocycles. The standard InChI is InChI=1S/C11H10F4N2O/c12-8-3-7(4-17-5-8)9(18)10(11(13,14)15)1-2-16-6-10/h3-5,16H,1-2,6H2. The number of halogens is 4. The van der Waals surface area contributed by atoms with Gasteiger partial charge >= 0.3 is 6.18 Å². The van der Waals surface area contributed by atoms with Crippen LogP contribution in [0.25, 0.3) is 0 Å². The summed E-state index contributed by atoms with van der Waals surface area (Å²) >= 11 is 0. The lowest BCUT2D eigenvalue weighted by molar-refractivity contribution is -0.197. The first-order chi connectivity index (χ1) is 8.37. The van der Waals surface area contributed by atoms with Crippen LogP contribution in [0.3, 0.4) is 0 Å². The Hall–Kier alpha value is -1.50. The third-order valence-electron chi connectivity index (χ3n) is 3.10. The van der Waals surface area contributed by atoms with Crippen LogP contribution in [0.15, 0.2) is 18.5 Å². The number of nitrogens with zero attached hydrogens (tertiary/aromatic N) is 1. The van der Waals surface area contributed by atoms with Crippen LogP contribution in [0.5, 0.6) is 0 Å². The van der Waals surface area contributed by atoms with Crippen LogP contribution in [0.1, 0.15) is 16.8 Å². The fourth-order valence-electron chi connectivity index (χ4n) is 2.07. The van der Waals surface area contributed by atoms with E-state index in [9.17, 15) is 22.4 Å². The maximum Gasteiger partial charge on any atom is 0.402 e. The molecule has 1 unspecified atom stereocenters. The second-order valence-corrected chi connectivity index (χ2v) is 4.23. The van der Waals surface area contributed by atoms with E-state index in [-0.39, 0.29) is 18.5 Å². The molecular formula is C11H10F4N2O. The molecule has 98 valence electrons. The van der Waals surface area contributed by atoms with Gasteiger partial charge in [0.1, 0.15) is 11.2 Å². The SMILES string of the molecule is O=C(c1cncc(F)c1)C1(C(F)(F)F)CCNC1. The lowest BCUT2D eigenvalue weighted by atomic mass is 9.79. The van der Waals surface area contributed by atoms with E-state index < -0.39 is 29.7 Å². The molecular weight excluding hydrogens is 252 g/mol. The lowest BCUT2D eigenvalue weighted by Crippen LogP contribution is -2.46. The maximum absolute atomic E-state index is 13.1.